The fourth-order valence-corrected chi connectivity index (χ4v) is 4.80. The summed E-state index contributed by atoms with van der Waals surface area (Å²) in [6, 6.07) is 12.4. The van der Waals surface area contributed by atoms with Crippen LogP contribution < -0.4 is 0 Å². The normalized spacial score (nSPS) is 18.0. The smallest absolute Gasteiger partial charge is 0.134 e. The van der Waals surface area contributed by atoms with Crippen LogP contribution in [0, 0.1) is 0 Å². The van der Waals surface area contributed by atoms with Gasteiger partial charge in [0.15, 0.2) is 0 Å². The van der Waals surface area contributed by atoms with Crippen molar-refractivity contribution in [3.05, 3.63) is 69.9 Å². The van der Waals surface area contributed by atoms with Crippen LogP contribution in [0.25, 0.3) is 11.3 Å². The molecule has 0 N–H and O–H groups in total. The molecule has 1 aliphatic heterocycles. The van der Waals surface area contributed by atoms with Gasteiger partial charge in [0.25, 0.3) is 0 Å². The highest BCUT2D eigenvalue weighted by Gasteiger charge is 2.23. The third-order valence-corrected chi connectivity index (χ3v) is 6.70. The number of fused-ring (bicyclic) bond motifs is 1. The standard InChI is InChI=1S/C24H26BrN3O/c25-20-8-6-17(7-9-20)23-11-10-21(29-23)16-28-13-12-22-19(15-28)14-26-24(27-22)18-4-2-1-3-5-18/h6-11,14,18H,1-5,12-13,15-16H2. The van der Waals surface area contributed by atoms with Crippen LogP contribution in [0.4, 0.5) is 0 Å². The summed E-state index contributed by atoms with van der Waals surface area (Å²) in [5, 5.41) is 0. The zero-order valence-electron chi connectivity index (χ0n) is 16.6. The average molecular weight is 452 g/mol. The van der Waals surface area contributed by atoms with E-state index in [2.05, 4.69) is 51.3 Å². The Balaban J connectivity index is 1.25. The van der Waals surface area contributed by atoms with Crippen molar-refractivity contribution in [3.8, 4) is 11.3 Å². The fourth-order valence-electron chi connectivity index (χ4n) is 4.54. The van der Waals surface area contributed by atoms with Crippen LogP contribution in [0.3, 0.4) is 0 Å². The van der Waals surface area contributed by atoms with Crippen LogP contribution in [0.1, 0.15) is 60.9 Å². The van der Waals surface area contributed by atoms with Gasteiger partial charge in [0.1, 0.15) is 17.3 Å². The monoisotopic (exact) mass is 451 g/mol. The van der Waals surface area contributed by atoms with Gasteiger partial charge in [-0.1, -0.05) is 47.3 Å². The molecule has 1 aliphatic carbocycles. The van der Waals surface area contributed by atoms with E-state index in [1.165, 1.54) is 43.4 Å². The van der Waals surface area contributed by atoms with Crippen LogP contribution in [-0.4, -0.2) is 21.4 Å². The van der Waals surface area contributed by atoms with Crippen LogP contribution in [0.5, 0.6) is 0 Å². The van der Waals surface area contributed by atoms with Crippen molar-refractivity contribution < 1.29 is 4.42 Å². The molecule has 0 spiro atoms. The number of hydrogen-bond donors (Lipinski definition) is 0. The quantitative estimate of drug-likeness (QED) is 0.479. The number of halogens is 1. The summed E-state index contributed by atoms with van der Waals surface area (Å²) in [6.07, 6.45) is 9.60. The lowest BCUT2D eigenvalue weighted by Crippen LogP contribution is -2.31. The Morgan fingerprint density at radius 2 is 1.86 bits per heavy atom. The van der Waals surface area contributed by atoms with Crippen molar-refractivity contribution in [2.24, 2.45) is 0 Å². The second-order valence-electron chi connectivity index (χ2n) is 8.27. The number of aromatic nitrogens is 2. The van der Waals surface area contributed by atoms with Gasteiger partial charge in [-0.05, 0) is 37.1 Å². The summed E-state index contributed by atoms with van der Waals surface area (Å²) in [7, 11) is 0. The van der Waals surface area contributed by atoms with Crippen molar-refractivity contribution in [1.82, 2.24) is 14.9 Å². The minimum atomic E-state index is 0.576. The molecule has 0 atom stereocenters. The summed E-state index contributed by atoms with van der Waals surface area (Å²) < 4.78 is 7.19. The molecule has 4 nitrogen and oxygen atoms in total. The highest BCUT2D eigenvalue weighted by molar-refractivity contribution is 9.10. The zero-order valence-corrected chi connectivity index (χ0v) is 18.2. The summed E-state index contributed by atoms with van der Waals surface area (Å²) in [5.74, 6) is 3.59. The third-order valence-electron chi connectivity index (χ3n) is 6.17. The minimum absolute atomic E-state index is 0.576. The molecule has 150 valence electrons. The van der Waals surface area contributed by atoms with Crippen molar-refractivity contribution in [2.75, 3.05) is 6.54 Å². The van der Waals surface area contributed by atoms with E-state index in [-0.39, 0.29) is 0 Å². The van der Waals surface area contributed by atoms with Gasteiger partial charge in [-0.25, -0.2) is 9.97 Å². The molecule has 2 aliphatic rings. The van der Waals surface area contributed by atoms with Crippen LogP contribution >= 0.6 is 15.9 Å². The summed E-state index contributed by atoms with van der Waals surface area (Å²) >= 11 is 3.48. The molecular formula is C24H26BrN3O. The molecule has 5 heteroatoms. The molecule has 0 saturated heterocycles. The van der Waals surface area contributed by atoms with Crippen molar-refractivity contribution in [3.63, 3.8) is 0 Å². The lowest BCUT2D eigenvalue weighted by Gasteiger charge is -2.28. The Labute approximate surface area is 180 Å². The van der Waals surface area contributed by atoms with Crippen molar-refractivity contribution >= 4 is 15.9 Å². The van der Waals surface area contributed by atoms with E-state index < -0.39 is 0 Å². The highest BCUT2D eigenvalue weighted by atomic mass is 79.9. The van der Waals surface area contributed by atoms with Crippen LogP contribution in [0.15, 0.2) is 51.5 Å². The summed E-state index contributed by atoms with van der Waals surface area (Å²) in [6.45, 7) is 2.73. The summed E-state index contributed by atoms with van der Waals surface area (Å²) in [4.78, 5) is 12.1. The second-order valence-corrected chi connectivity index (χ2v) is 9.18. The number of hydrogen-bond acceptors (Lipinski definition) is 4. The molecule has 1 saturated carbocycles. The number of rotatable bonds is 4. The van der Waals surface area contributed by atoms with Crippen molar-refractivity contribution in [2.45, 2.75) is 57.5 Å². The molecule has 0 unspecified atom stereocenters. The minimum Gasteiger partial charge on any atom is -0.460 e. The second kappa shape index (κ2) is 8.41. The molecule has 0 bridgehead atoms. The first-order valence-electron chi connectivity index (χ1n) is 10.7. The van der Waals surface area contributed by atoms with E-state index in [1.807, 2.05) is 12.1 Å². The van der Waals surface area contributed by atoms with E-state index in [4.69, 9.17) is 14.4 Å². The molecule has 1 aromatic carbocycles. The van der Waals surface area contributed by atoms with Gasteiger partial charge in [-0.3, -0.25) is 4.90 Å². The largest absolute Gasteiger partial charge is 0.460 e. The third kappa shape index (κ3) is 4.31. The Bertz CT molecular complexity index is 976. The molecule has 3 heterocycles. The predicted octanol–water partition coefficient (Wildman–Crippen LogP) is 6.11. The number of furan rings is 1. The lowest BCUT2D eigenvalue weighted by molar-refractivity contribution is 0.224. The SMILES string of the molecule is Brc1ccc(-c2ccc(CN3CCc4nc(C5CCCCC5)ncc4C3)o2)cc1. The first-order valence-corrected chi connectivity index (χ1v) is 11.5. The Morgan fingerprint density at radius 1 is 1.03 bits per heavy atom. The first-order chi connectivity index (χ1) is 14.2. The van der Waals surface area contributed by atoms with E-state index in [9.17, 15) is 0 Å². The van der Waals surface area contributed by atoms with Gasteiger partial charge < -0.3 is 4.42 Å². The number of benzene rings is 1. The molecule has 2 aromatic heterocycles. The number of nitrogens with zero attached hydrogens (tertiary/aromatic N) is 3. The Kier molecular flexibility index (Phi) is 5.51. The molecule has 29 heavy (non-hydrogen) atoms. The molecule has 0 radical (unpaired) electrons. The molecule has 3 aromatic rings. The van der Waals surface area contributed by atoms with Gasteiger partial charge in [-0.15, -0.1) is 0 Å². The molecule has 0 amide bonds. The van der Waals surface area contributed by atoms with Crippen molar-refractivity contribution in [1.29, 1.82) is 0 Å². The average Bonchev–Trinajstić information content (AvgIpc) is 3.23. The maximum Gasteiger partial charge on any atom is 0.134 e. The van der Waals surface area contributed by atoms with Gasteiger partial charge in [0.2, 0.25) is 0 Å². The van der Waals surface area contributed by atoms with E-state index >= 15 is 0 Å². The topological polar surface area (TPSA) is 42.2 Å². The van der Waals surface area contributed by atoms with E-state index in [0.29, 0.717) is 5.92 Å². The molecular weight excluding hydrogens is 426 g/mol. The fraction of sp³-hybridized carbons (Fsp3) is 0.417. The predicted molar refractivity (Wildman–Crippen MR) is 118 cm³/mol. The zero-order chi connectivity index (χ0) is 19.6. The maximum absolute atomic E-state index is 6.11. The lowest BCUT2D eigenvalue weighted by atomic mass is 9.88. The van der Waals surface area contributed by atoms with Gasteiger partial charge in [-0.2, -0.15) is 0 Å². The van der Waals surface area contributed by atoms with E-state index in [1.54, 1.807) is 0 Å². The van der Waals surface area contributed by atoms with Crippen LogP contribution in [-0.2, 0) is 19.5 Å². The highest BCUT2D eigenvalue weighted by Crippen LogP contribution is 2.31. The van der Waals surface area contributed by atoms with Gasteiger partial charge >= 0.3 is 0 Å². The molecule has 1 fully saturated rings. The van der Waals surface area contributed by atoms with Gasteiger partial charge in [0, 0.05) is 52.9 Å². The van der Waals surface area contributed by atoms with Crippen LogP contribution in [0.2, 0.25) is 0 Å². The Hall–Kier alpha value is -1.98. The van der Waals surface area contributed by atoms with Gasteiger partial charge in [0.05, 0.1) is 6.54 Å². The molecule has 5 rings (SSSR count). The van der Waals surface area contributed by atoms with E-state index in [0.717, 1.165) is 53.4 Å². The maximum atomic E-state index is 6.11. The Morgan fingerprint density at radius 3 is 2.69 bits per heavy atom. The summed E-state index contributed by atoms with van der Waals surface area (Å²) in [5.41, 5.74) is 3.63. The first kappa shape index (κ1) is 19.0.